The Bertz CT molecular complexity index is 452. The second kappa shape index (κ2) is 6.31. The standard InChI is InChI=1S/C12H18N4O3/c17-12(13-6-10-4-2-1-3-5-10)8-15-7-11(14-9-15)16(18)19/h7,9-10H,1-6,8H2,(H,13,17). The van der Waals surface area contributed by atoms with E-state index in [1.165, 1.54) is 49.2 Å². The third-order valence-corrected chi connectivity index (χ3v) is 3.45. The van der Waals surface area contributed by atoms with Crippen LogP contribution in [-0.4, -0.2) is 26.9 Å². The summed E-state index contributed by atoms with van der Waals surface area (Å²) in [5.41, 5.74) is 0. The highest BCUT2D eigenvalue weighted by Gasteiger charge is 2.15. The quantitative estimate of drug-likeness (QED) is 0.645. The lowest BCUT2D eigenvalue weighted by Crippen LogP contribution is -2.32. The molecule has 1 fully saturated rings. The van der Waals surface area contributed by atoms with Gasteiger partial charge in [0, 0.05) is 6.54 Å². The highest BCUT2D eigenvalue weighted by Crippen LogP contribution is 2.22. The van der Waals surface area contributed by atoms with Crippen LogP contribution in [-0.2, 0) is 11.3 Å². The number of hydrogen-bond acceptors (Lipinski definition) is 4. The highest BCUT2D eigenvalue weighted by atomic mass is 16.6. The number of nitrogens with one attached hydrogen (secondary N) is 1. The zero-order chi connectivity index (χ0) is 13.7. The Hall–Kier alpha value is -1.92. The first-order chi connectivity index (χ1) is 9.15. The first-order valence-corrected chi connectivity index (χ1v) is 6.58. The van der Waals surface area contributed by atoms with E-state index in [9.17, 15) is 14.9 Å². The zero-order valence-electron chi connectivity index (χ0n) is 10.7. The number of hydrogen-bond donors (Lipinski definition) is 1. The molecule has 1 aromatic heterocycles. The summed E-state index contributed by atoms with van der Waals surface area (Å²) in [6.45, 7) is 0.781. The van der Waals surface area contributed by atoms with Gasteiger partial charge in [-0.25, -0.2) is 0 Å². The van der Waals surface area contributed by atoms with E-state index in [0.717, 1.165) is 0 Å². The summed E-state index contributed by atoms with van der Waals surface area (Å²) in [5, 5.41) is 13.3. The molecule has 0 bridgehead atoms. The maximum atomic E-state index is 11.7. The lowest BCUT2D eigenvalue weighted by Gasteiger charge is -2.21. The van der Waals surface area contributed by atoms with Crippen molar-refractivity contribution in [1.29, 1.82) is 0 Å². The molecule has 1 heterocycles. The Morgan fingerprint density at radius 3 is 2.84 bits per heavy atom. The number of carbonyl (C=O) groups excluding carboxylic acids is 1. The van der Waals surface area contributed by atoms with Gasteiger partial charge in [-0.3, -0.25) is 4.79 Å². The number of amides is 1. The third kappa shape index (κ3) is 4.04. The van der Waals surface area contributed by atoms with Gasteiger partial charge in [-0.1, -0.05) is 19.3 Å². The van der Waals surface area contributed by atoms with Gasteiger partial charge in [-0.2, -0.15) is 0 Å². The summed E-state index contributed by atoms with van der Waals surface area (Å²) in [6, 6.07) is 0. The molecule has 1 N–H and O–H groups in total. The van der Waals surface area contributed by atoms with Crippen molar-refractivity contribution in [3.8, 4) is 0 Å². The Balaban J connectivity index is 1.75. The molecule has 0 unspecified atom stereocenters. The van der Waals surface area contributed by atoms with E-state index in [2.05, 4.69) is 10.3 Å². The van der Waals surface area contributed by atoms with Crippen molar-refractivity contribution in [2.45, 2.75) is 38.6 Å². The third-order valence-electron chi connectivity index (χ3n) is 3.45. The van der Waals surface area contributed by atoms with Gasteiger partial charge in [0.05, 0.1) is 0 Å². The number of aromatic nitrogens is 2. The average Bonchev–Trinajstić information content (AvgIpc) is 2.86. The molecule has 1 amide bonds. The first-order valence-electron chi connectivity index (χ1n) is 6.58. The van der Waals surface area contributed by atoms with Gasteiger partial charge < -0.3 is 20.0 Å². The van der Waals surface area contributed by atoms with Crippen LogP contribution in [0.15, 0.2) is 12.5 Å². The van der Waals surface area contributed by atoms with Gasteiger partial charge in [0.15, 0.2) is 0 Å². The van der Waals surface area contributed by atoms with Crippen molar-refractivity contribution in [1.82, 2.24) is 14.9 Å². The molecule has 1 saturated carbocycles. The second-order valence-corrected chi connectivity index (χ2v) is 4.97. The minimum absolute atomic E-state index is 0.0769. The van der Waals surface area contributed by atoms with Crippen molar-refractivity contribution in [3.63, 3.8) is 0 Å². The second-order valence-electron chi connectivity index (χ2n) is 4.97. The van der Waals surface area contributed by atoms with Crippen molar-refractivity contribution in [3.05, 3.63) is 22.6 Å². The Labute approximate surface area is 111 Å². The fraction of sp³-hybridized carbons (Fsp3) is 0.667. The number of rotatable bonds is 5. The molecule has 0 aromatic carbocycles. The van der Waals surface area contributed by atoms with Crippen molar-refractivity contribution in [2.24, 2.45) is 5.92 Å². The molecule has 0 atom stereocenters. The van der Waals surface area contributed by atoms with Gasteiger partial charge in [0.1, 0.15) is 12.7 Å². The number of imidazole rings is 1. The lowest BCUT2D eigenvalue weighted by atomic mass is 9.89. The van der Waals surface area contributed by atoms with Crippen LogP contribution in [0.5, 0.6) is 0 Å². The maximum absolute atomic E-state index is 11.7. The van der Waals surface area contributed by atoms with Gasteiger partial charge in [0.25, 0.3) is 0 Å². The fourth-order valence-electron chi connectivity index (χ4n) is 2.40. The molecule has 0 radical (unpaired) electrons. The molecule has 0 spiro atoms. The number of nitrogens with zero attached hydrogens (tertiary/aromatic N) is 3. The van der Waals surface area contributed by atoms with E-state index >= 15 is 0 Å². The molecule has 0 saturated heterocycles. The molecule has 2 rings (SSSR count). The summed E-state index contributed by atoms with van der Waals surface area (Å²) >= 11 is 0. The number of carbonyl (C=O) groups is 1. The fourth-order valence-corrected chi connectivity index (χ4v) is 2.40. The van der Waals surface area contributed by atoms with Crippen molar-refractivity contribution in [2.75, 3.05) is 6.54 Å². The van der Waals surface area contributed by atoms with E-state index in [-0.39, 0.29) is 18.3 Å². The summed E-state index contributed by atoms with van der Waals surface area (Å²) in [6.07, 6.45) is 8.71. The van der Waals surface area contributed by atoms with Crippen molar-refractivity contribution >= 4 is 11.7 Å². The van der Waals surface area contributed by atoms with Crippen LogP contribution in [0.4, 0.5) is 5.82 Å². The molecular formula is C12H18N4O3. The van der Waals surface area contributed by atoms with Crippen LogP contribution in [0.2, 0.25) is 0 Å². The van der Waals surface area contributed by atoms with Gasteiger partial charge in [0.2, 0.25) is 12.2 Å². The predicted octanol–water partition coefficient (Wildman–Crippen LogP) is 1.49. The molecule has 1 aromatic rings. The Morgan fingerprint density at radius 2 is 2.21 bits per heavy atom. The zero-order valence-corrected chi connectivity index (χ0v) is 10.7. The maximum Gasteiger partial charge on any atom is 0.381 e. The topological polar surface area (TPSA) is 90.1 Å². The summed E-state index contributed by atoms with van der Waals surface area (Å²) in [7, 11) is 0. The molecule has 104 valence electrons. The summed E-state index contributed by atoms with van der Waals surface area (Å²) in [4.78, 5) is 25.2. The van der Waals surface area contributed by atoms with E-state index in [1.807, 2.05) is 0 Å². The lowest BCUT2D eigenvalue weighted by molar-refractivity contribution is -0.389. The predicted molar refractivity (Wildman–Crippen MR) is 68.5 cm³/mol. The van der Waals surface area contributed by atoms with E-state index in [1.54, 1.807) is 0 Å². The molecule has 1 aliphatic rings. The van der Waals surface area contributed by atoms with Crippen LogP contribution in [0.1, 0.15) is 32.1 Å². The van der Waals surface area contributed by atoms with Gasteiger partial charge >= 0.3 is 5.82 Å². The Kier molecular flexibility index (Phi) is 4.48. The first kappa shape index (κ1) is 13.5. The van der Waals surface area contributed by atoms with E-state index in [0.29, 0.717) is 12.5 Å². The van der Waals surface area contributed by atoms with Crippen LogP contribution in [0, 0.1) is 16.0 Å². The summed E-state index contributed by atoms with van der Waals surface area (Å²) < 4.78 is 1.42. The van der Waals surface area contributed by atoms with Crippen LogP contribution in [0.3, 0.4) is 0 Å². The van der Waals surface area contributed by atoms with Crippen LogP contribution >= 0.6 is 0 Å². The van der Waals surface area contributed by atoms with E-state index < -0.39 is 4.92 Å². The average molecular weight is 266 g/mol. The van der Waals surface area contributed by atoms with Gasteiger partial charge in [-0.15, -0.1) is 0 Å². The molecule has 0 aliphatic heterocycles. The smallest absolute Gasteiger partial charge is 0.358 e. The molecule has 7 heteroatoms. The minimum atomic E-state index is -0.573. The normalized spacial score (nSPS) is 16.2. The minimum Gasteiger partial charge on any atom is -0.358 e. The molecule has 7 nitrogen and oxygen atoms in total. The molecule has 19 heavy (non-hydrogen) atoms. The van der Waals surface area contributed by atoms with Crippen molar-refractivity contribution < 1.29 is 9.72 Å². The van der Waals surface area contributed by atoms with Gasteiger partial charge in [-0.05, 0) is 28.7 Å². The van der Waals surface area contributed by atoms with E-state index in [4.69, 9.17) is 0 Å². The van der Waals surface area contributed by atoms with Crippen LogP contribution in [0.25, 0.3) is 0 Å². The summed E-state index contributed by atoms with van der Waals surface area (Å²) in [5.74, 6) is 0.216. The number of nitro groups is 1. The van der Waals surface area contributed by atoms with Crippen LogP contribution < -0.4 is 5.32 Å². The Morgan fingerprint density at radius 1 is 1.47 bits per heavy atom. The highest BCUT2D eigenvalue weighted by molar-refractivity contribution is 5.75. The SMILES string of the molecule is O=C(Cn1cnc([N+](=O)[O-])c1)NCC1CCCCC1. The molecule has 1 aliphatic carbocycles. The molecular weight excluding hydrogens is 248 g/mol. The monoisotopic (exact) mass is 266 g/mol. The largest absolute Gasteiger partial charge is 0.381 e.